The summed E-state index contributed by atoms with van der Waals surface area (Å²) in [6, 6.07) is 5.24. The van der Waals surface area contributed by atoms with Crippen LogP contribution in [0.15, 0.2) is 18.2 Å². The van der Waals surface area contributed by atoms with Crippen molar-refractivity contribution in [3.05, 3.63) is 29.3 Å². The van der Waals surface area contributed by atoms with E-state index in [1.807, 2.05) is 32.0 Å². The van der Waals surface area contributed by atoms with Crippen molar-refractivity contribution >= 4 is 23.5 Å². The average molecular weight is 315 g/mol. The van der Waals surface area contributed by atoms with Crippen LogP contribution in [0.3, 0.4) is 0 Å². The number of rotatable bonds is 4. The highest BCUT2D eigenvalue weighted by Crippen LogP contribution is 2.42. The molecule has 0 unspecified atom stereocenters. The number of anilines is 1. The summed E-state index contributed by atoms with van der Waals surface area (Å²) in [4.78, 5) is 37.9. The lowest BCUT2D eigenvalue weighted by Crippen LogP contribution is -2.46. The first-order valence-corrected chi connectivity index (χ1v) is 7.83. The van der Waals surface area contributed by atoms with Crippen LogP contribution in [0.25, 0.3) is 0 Å². The number of nitrogens with one attached hydrogen (secondary N) is 2. The van der Waals surface area contributed by atoms with Crippen LogP contribution in [0.5, 0.6) is 0 Å². The van der Waals surface area contributed by atoms with Crippen LogP contribution >= 0.6 is 0 Å². The van der Waals surface area contributed by atoms with Gasteiger partial charge >= 0.3 is 6.03 Å². The third kappa shape index (κ3) is 2.69. The molecule has 2 fully saturated rings. The first-order chi connectivity index (χ1) is 10.8. The Hall–Kier alpha value is -2.37. The van der Waals surface area contributed by atoms with Gasteiger partial charge in [0.2, 0.25) is 5.91 Å². The van der Waals surface area contributed by atoms with Gasteiger partial charge < -0.3 is 10.6 Å². The monoisotopic (exact) mass is 315 g/mol. The van der Waals surface area contributed by atoms with E-state index in [0.29, 0.717) is 0 Å². The van der Waals surface area contributed by atoms with Crippen molar-refractivity contribution in [1.82, 2.24) is 10.2 Å². The third-order valence-electron chi connectivity index (χ3n) is 4.74. The highest BCUT2D eigenvalue weighted by molar-refractivity contribution is 6.10. The molecule has 0 bridgehead atoms. The van der Waals surface area contributed by atoms with Gasteiger partial charge in [-0.25, -0.2) is 4.79 Å². The molecule has 4 amide bonds. The van der Waals surface area contributed by atoms with Crippen LogP contribution < -0.4 is 10.6 Å². The van der Waals surface area contributed by atoms with Crippen molar-refractivity contribution in [3.63, 3.8) is 0 Å². The van der Waals surface area contributed by atoms with Gasteiger partial charge in [0.25, 0.3) is 5.91 Å². The molecule has 1 aromatic carbocycles. The lowest BCUT2D eigenvalue weighted by Gasteiger charge is -2.21. The van der Waals surface area contributed by atoms with Gasteiger partial charge in [-0.15, -0.1) is 0 Å². The Morgan fingerprint density at radius 2 is 1.91 bits per heavy atom. The van der Waals surface area contributed by atoms with E-state index in [1.165, 1.54) is 0 Å². The molecule has 1 aromatic rings. The molecule has 1 aliphatic heterocycles. The van der Waals surface area contributed by atoms with Gasteiger partial charge in [0.1, 0.15) is 12.1 Å². The van der Waals surface area contributed by atoms with Crippen LogP contribution in [0, 0.1) is 19.8 Å². The number of urea groups is 1. The fourth-order valence-electron chi connectivity index (χ4n) is 3.13. The number of amides is 4. The second-order valence-electron chi connectivity index (χ2n) is 6.61. The minimum absolute atomic E-state index is 0.186. The fourth-order valence-corrected chi connectivity index (χ4v) is 3.13. The smallest absolute Gasteiger partial charge is 0.324 e. The summed E-state index contributed by atoms with van der Waals surface area (Å²) in [5.41, 5.74) is 1.77. The van der Waals surface area contributed by atoms with Gasteiger partial charge in [0, 0.05) is 5.69 Å². The van der Waals surface area contributed by atoms with E-state index in [-0.39, 0.29) is 24.3 Å². The molecule has 1 heterocycles. The number of imide groups is 1. The second-order valence-corrected chi connectivity index (χ2v) is 6.61. The normalized spacial score (nSPS) is 23.9. The molecule has 0 spiro atoms. The Morgan fingerprint density at radius 1 is 1.30 bits per heavy atom. The van der Waals surface area contributed by atoms with Gasteiger partial charge in [0.15, 0.2) is 0 Å². The molecular formula is C17H21N3O3. The minimum Gasteiger partial charge on any atom is -0.324 e. The zero-order valence-electron chi connectivity index (χ0n) is 13.6. The highest BCUT2D eigenvalue weighted by atomic mass is 16.2. The molecule has 6 nitrogen and oxygen atoms in total. The lowest BCUT2D eigenvalue weighted by molar-refractivity contribution is -0.134. The number of nitrogens with zero attached hydrogens (tertiary/aromatic N) is 1. The zero-order chi connectivity index (χ0) is 16.8. The summed E-state index contributed by atoms with van der Waals surface area (Å²) in [7, 11) is 0. The van der Waals surface area contributed by atoms with E-state index in [4.69, 9.17) is 0 Å². The molecule has 6 heteroatoms. The number of benzene rings is 1. The molecule has 1 saturated heterocycles. The van der Waals surface area contributed by atoms with E-state index in [0.717, 1.165) is 34.6 Å². The molecule has 122 valence electrons. The Bertz CT molecular complexity index is 676. The molecule has 1 aliphatic carbocycles. The lowest BCUT2D eigenvalue weighted by atomic mass is 9.96. The summed E-state index contributed by atoms with van der Waals surface area (Å²) in [5, 5.41) is 5.55. The van der Waals surface area contributed by atoms with Crippen molar-refractivity contribution in [2.45, 2.75) is 39.2 Å². The van der Waals surface area contributed by atoms with Gasteiger partial charge in [-0.2, -0.15) is 0 Å². The van der Waals surface area contributed by atoms with Gasteiger partial charge in [0.05, 0.1) is 0 Å². The van der Waals surface area contributed by atoms with Crippen LogP contribution in [-0.2, 0) is 9.59 Å². The molecule has 2 N–H and O–H groups in total. The number of hydrogen-bond donors (Lipinski definition) is 2. The quantitative estimate of drug-likeness (QED) is 0.834. The van der Waals surface area contributed by atoms with Crippen LogP contribution in [0.2, 0.25) is 0 Å². The third-order valence-corrected chi connectivity index (χ3v) is 4.74. The van der Waals surface area contributed by atoms with Crippen molar-refractivity contribution in [3.8, 4) is 0 Å². The number of aryl methyl sites for hydroxylation is 2. The largest absolute Gasteiger partial charge is 0.325 e. The molecule has 3 rings (SSSR count). The topological polar surface area (TPSA) is 78.5 Å². The predicted octanol–water partition coefficient (Wildman–Crippen LogP) is 1.96. The molecule has 1 saturated carbocycles. The van der Waals surface area contributed by atoms with Crippen molar-refractivity contribution < 1.29 is 14.4 Å². The van der Waals surface area contributed by atoms with E-state index in [9.17, 15) is 14.4 Å². The molecule has 2 aliphatic rings. The summed E-state index contributed by atoms with van der Waals surface area (Å²) in [6.45, 7) is 5.29. The van der Waals surface area contributed by atoms with Crippen molar-refractivity contribution in [1.29, 1.82) is 0 Å². The first-order valence-electron chi connectivity index (χ1n) is 7.83. The van der Waals surface area contributed by atoms with Crippen LogP contribution in [0.4, 0.5) is 10.5 Å². The van der Waals surface area contributed by atoms with E-state index >= 15 is 0 Å². The number of carbonyl (C=O) groups excluding carboxylic acids is 3. The summed E-state index contributed by atoms with van der Waals surface area (Å²) < 4.78 is 0. The maximum atomic E-state index is 12.5. The molecule has 23 heavy (non-hydrogen) atoms. The van der Waals surface area contributed by atoms with E-state index in [1.54, 1.807) is 6.92 Å². The first kappa shape index (κ1) is 15.5. The number of hydrogen-bond acceptors (Lipinski definition) is 3. The average Bonchev–Trinajstić information content (AvgIpc) is 3.30. The van der Waals surface area contributed by atoms with Crippen molar-refractivity contribution in [2.24, 2.45) is 5.92 Å². The highest BCUT2D eigenvalue weighted by Gasteiger charge is 2.56. The molecular weight excluding hydrogens is 294 g/mol. The van der Waals surface area contributed by atoms with E-state index < -0.39 is 11.6 Å². The van der Waals surface area contributed by atoms with Crippen molar-refractivity contribution in [2.75, 3.05) is 11.9 Å². The van der Waals surface area contributed by atoms with E-state index in [2.05, 4.69) is 10.6 Å². The van der Waals surface area contributed by atoms with Crippen LogP contribution in [-0.4, -0.2) is 34.8 Å². The van der Waals surface area contributed by atoms with Gasteiger partial charge in [-0.1, -0.05) is 18.2 Å². The Balaban J connectivity index is 1.71. The summed E-state index contributed by atoms with van der Waals surface area (Å²) >= 11 is 0. The maximum Gasteiger partial charge on any atom is 0.325 e. The standard InChI is InChI=1S/C17H21N3O3/c1-10-5-4-6-11(2)14(10)18-13(21)9-20-15(22)17(3,12-7-8-12)19-16(20)23/h4-6,12H,7-9H2,1-3H3,(H,18,21)(H,19,23)/t17-/m0/s1. The number of para-hydroxylation sites is 1. The predicted molar refractivity (Wildman–Crippen MR) is 85.9 cm³/mol. The van der Waals surface area contributed by atoms with Gasteiger partial charge in [-0.05, 0) is 50.7 Å². The molecule has 0 radical (unpaired) electrons. The molecule has 0 aromatic heterocycles. The SMILES string of the molecule is Cc1cccc(C)c1NC(=O)CN1C(=O)N[C@@](C)(C2CC2)C1=O. The second kappa shape index (κ2) is 5.37. The zero-order valence-corrected chi connectivity index (χ0v) is 13.6. The maximum absolute atomic E-state index is 12.5. The van der Waals surface area contributed by atoms with Crippen LogP contribution in [0.1, 0.15) is 30.9 Å². The Labute approximate surface area is 135 Å². The Morgan fingerprint density at radius 3 is 2.48 bits per heavy atom. The number of carbonyl (C=O) groups is 3. The Kier molecular flexibility index (Phi) is 3.62. The minimum atomic E-state index is -0.851. The van der Waals surface area contributed by atoms with Gasteiger partial charge in [-0.3, -0.25) is 14.5 Å². The molecule has 1 atom stereocenters. The summed E-state index contributed by atoms with van der Waals surface area (Å²) in [5.74, 6) is -0.488. The summed E-state index contributed by atoms with van der Waals surface area (Å²) in [6.07, 6.45) is 1.87. The fraction of sp³-hybridized carbons (Fsp3) is 0.471.